The Morgan fingerprint density at radius 3 is 2.59 bits per heavy atom. The summed E-state index contributed by atoms with van der Waals surface area (Å²) in [6, 6.07) is 9.11. The van der Waals surface area contributed by atoms with Crippen LogP contribution >= 0.6 is 0 Å². The van der Waals surface area contributed by atoms with Crippen LogP contribution in [0.2, 0.25) is 0 Å². The van der Waals surface area contributed by atoms with E-state index < -0.39 is 18.0 Å². The molecule has 0 saturated carbocycles. The van der Waals surface area contributed by atoms with Crippen molar-refractivity contribution in [2.24, 2.45) is 5.92 Å². The maximum Gasteiger partial charge on any atom is 0.315 e. The highest BCUT2D eigenvalue weighted by Gasteiger charge is 2.26. The molecule has 0 aliphatic rings. The van der Waals surface area contributed by atoms with E-state index in [2.05, 4.69) is 0 Å². The first kappa shape index (κ1) is 13.5. The molecule has 0 aliphatic carbocycles. The number of carbonyl (C=O) groups is 1. The fourth-order valence-electron chi connectivity index (χ4n) is 1.59. The van der Waals surface area contributed by atoms with E-state index in [1.165, 1.54) is 7.11 Å². The first-order chi connectivity index (χ1) is 8.20. The molecular weight excluding hydrogens is 216 g/mol. The van der Waals surface area contributed by atoms with Crippen molar-refractivity contribution < 1.29 is 14.6 Å². The summed E-state index contributed by atoms with van der Waals surface area (Å²) < 4.78 is 4.70. The zero-order valence-electron chi connectivity index (χ0n) is 10.2. The fraction of sp³-hybridized carbons (Fsp3) is 0.357. The third kappa shape index (κ3) is 3.71. The summed E-state index contributed by atoms with van der Waals surface area (Å²) in [5.74, 6) is -1.08. The Balaban J connectivity index is 2.90. The third-order valence-electron chi connectivity index (χ3n) is 2.53. The van der Waals surface area contributed by atoms with E-state index in [1.54, 1.807) is 18.2 Å². The minimum Gasteiger partial charge on any atom is -0.468 e. The predicted molar refractivity (Wildman–Crippen MR) is 66.3 cm³/mol. The van der Waals surface area contributed by atoms with E-state index in [-0.39, 0.29) is 0 Å². The Bertz CT molecular complexity index is 370. The Kier molecular flexibility index (Phi) is 5.43. The van der Waals surface area contributed by atoms with Crippen molar-refractivity contribution in [2.75, 3.05) is 7.11 Å². The Morgan fingerprint density at radius 1 is 1.41 bits per heavy atom. The molecule has 1 rings (SSSR count). The molecule has 17 heavy (non-hydrogen) atoms. The molecule has 0 spiro atoms. The van der Waals surface area contributed by atoms with Gasteiger partial charge >= 0.3 is 5.97 Å². The van der Waals surface area contributed by atoms with Crippen molar-refractivity contribution in [1.29, 1.82) is 0 Å². The van der Waals surface area contributed by atoms with Crippen LogP contribution < -0.4 is 0 Å². The Labute approximate surface area is 102 Å². The lowest BCUT2D eigenvalue weighted by Gasteiger charge is -2.18. The van der Waals surface area contributed by atoms with Crippen molar-refractivity contribution in [1.82, 2.24) is 0 Å². The van der Waals surface area contributed by atoms with Gasteiger partial charge in [0.1, 0.15) is 5.92 Å². The van der Waals surface area contributed by atoms with Crippen molar-refractivity contribution in [3.63, 3.8) is 0 Å². The van der Waals surface area contributed by atoms with Gasteiger partial charge in [0.2, 0.25) is 0 Å². The smallest absolute Gasteiger partial charge is 0.315 e. The minimum atomic E-state index is -0.869. The molecule has 0 unspecified atom stereocenters. The fourth-order valence-corrected chi connectivity index (χ4v) is 1.59. The number of aliphatic hydroxyl groups excluding tert-OH is 1. The number of hydrogen-bond acceptors (Lipinski definition) is 3. The number of hydrogen-bond donors (Lipinski definition) is 1. The molecule has 1 aromatic rings. The molecule has 1 aromatic carbocycles. The largest absolute Gasteiger partial charge is 0.468 e. The van der Waals surface area contributed by atoms with Gasteiger partial charge in [0.15, 0.2) is 0 Å². The maximum atomic E-state index is 11.6. The second-order valence-corrected chi connectivity index (χ2v) is 3.74. The quantitative estimate of drug-likeness (QED) is 0.629. The van der Waals surface area contributed by atoms with Gasteiger partial charge in [0.25, 0.3) is 0 Å². The van der Waals surface area contributed by atoms with Crippen LogP contribution in [-0.4, -0.2) is 18.2 Å². The molecule has 92 valence electrons. The molecule has 0 amide bonds. The lowest BCUT2D eigenvalue weighted by atomic mass is 9.95. The van der Waals surface area contributed by atoms with Crippen LogP contribution in [0.15, 0.2) is 42.5 Å². The molecule has 0 aliphatic heterocycles. The summed E-state index contributed by atoms with van der Waals surface area (Å²) in [5.41, 5.74) is 0.712. The molecular formula is C14H18O3. The van der Waals surface area contributed by atoms with Crippen molar-refractivity contribution >= 4 is 5.97 Å². The number of esters is 1. The molecule has 0 saturated heterocycles. The SMILES string of the molecule is CC/C=C\[C@H](C(=O)OC)[C@H](O)c1ccccc1. The zero-order chi connectivity index (χ0) is 12.7. The summed E-state index contributed by atoms with van der Waals surface area (Å²) in [5, 5.41) is 10.2. The number of methoxy groups -OCH3 is 1. The summed E-state index contributed by atoms with van der Waals surface area (Å²) in [4.78, 5) is 11.6. The van der Waals surface area contributed by atoms with Crippen molar-refractivity contribution in [2.45, 2.75) is 19.4 Å². The predicted octanol–water partition coefficient (Wildman–Crippen LogP) is 2.48. The van der Waals surface area contributed by atoms with Crippen LogP contribution in [0.4, 0.5) is 0 Å². The normalized spacial score (nSPS) is 14.5. The van der Waals surface area contributed by atoms with Gasteiger partial charge in [-0.1, -0.05) is 49.4 Å². The van der Waals surface area contributed by atoms with E-state index in [0.29, 0.717) is 5.56 Å². The highest BCUT2D eigenvalue weighted by Crippen LogP contribution is 2.24. The minimum absolute atomic E-state index is 0.425. The summed E-state index contributed by atoms with van der Waals surface area (Å²) >= 11 is 0. The number of rotatable bonds is 5. The monoisotopic (exact) mass is 234 g/mol. The molecule has 0 fully saturated rings. The topological polar surface area (TPSA) is 46.5 Å². The van der Waals surface area contributed by atoms with Crippen molar-refractivity contribution in [3.05, 3.63) is 48.0 Å². The standard InChI is InChI=1S/C14H18O3/c1-3-4-10-12(14(16)17-2)13(15)11-8-6-5-7-9-11/h4-10,12-13,15H,3H2,1-2H3/b10-4-/t12-,13+/m0/s1. The van der Waals surface area contributed by atoms with E-state index in [4.69, 9.17) is 4.74 Å². The molecule has 3 nitrogen and oxygen atoms in total. The average molecular weight is 234 g/mol. The highest BCUT2D eigenvalue weighted by molar-refractivity contribution is 5.75. The third-order valence-corrected chi connectivity index (χ3v) is 2.53. The van der Waals surface area contributed by atoms with Crippen LogP contribution in [0.3, 0.4) is 0 Å². The zero-order valence-corrected chi connectivity index (χ0v) is 10.2. The van der Waals surface area contributed by atoms with Crippen LogP contribution in [0.1, 0.15) is 25.0 Å². The van der Waals surface area contributed by atoms with Gasteiger partial charge in [-0.15, -0.1) is 0 Å². The molecule has 1 N–H and O–H groups in total. The van der Waals surface area contributed by atoms with Crippen LogP contribution in [0.25, 0.3) is 0 Å². The number of allylic oxidation sites excluding steroid dienone is 1. The lowest BCUT2D eigenvalue weighted by Crippen LogP contribution is -2.21. The van der Waals surface area contributed by atoms with Gasteiger partial charge < -0.3 is 9.84 Å². The van der Waals surface area contributed by atoms with Crippen LogP contribution in [0.5, 0.6) is 0 Å². The van der Waals surface area contributed by atoms with Gasteiger partial charge in [0.05, 0.1) is 13.2 Å². The van der Waals surface area contributed by atoms with E-state index in [1.807, 2.05) is 31.2 Å². The van der Waals surface area contributed by atoms with Crippen LogP contribution in [0, 0.1) is 5.92 Å². The van der Waals surface area contributed by atoms with E-state index in [0.717, 1.165) is 6.42 Å². The summed E-state index contributed by atoms with van der Waals surface area (Å²) in [6.45, 7) is 1.97. The number of benzene rings is 1. The molecule has 2 atom stereocenters. The number of ether oxygens (including phenoxy) is 1. The first-order valence-corrected chi connectivity index (χ1v) is 5.68. The average Bonchev–Trinajstić information content (AvgIpc) is 2.39. The van der Waals surface area contributed by atoms with Gasteiger partial charge in [-0.3, -0.25) is 4.79 Å². The lowest BCUT2D eigenvalue weighted by molar-refractivity contribution is -0.147. The number of aliphatic hydroxyl groups is 1. The molecule has 0 radical (unpaired) electrons. The molecule has 0 heterocycles. The Hall–Kier alpha value is -1.61. The van der Waals surface area contributed by atoms with Crippen LogP contribution in [-0.2, 0) is 9.53 Å². The molecule has 0 bridgehead atoms. The molecule has 0 aromatic heterocycles. The highest BCUT2D eigenvalue weighted by atomic mass is 16.5. The van der Waals surface area contributed by atoms with Gasteiger partial charge in [-0.25, -0.2) is 0 Å². The first-order valence-electron chi connectivity index (χ1n) is 5.68. The second-order valence-electron chi connectivity index (χ2n) is 3.74. The van der Waals surface area contributed by atoms with Crippen molar-refractivity contribution in [3.8, 4) is 0 Å². The maximum absolute atomic E-state index is 11.6. The van der Waals surface area contributed by atoms with E-state index in [9.17, 15) is 9.90 Å². The summed E-state index contributed by atoms with van der Waals surface area (Å²) in [6.07, 6.45) is 3.50. The number of carbonyl (C=O) groups excluding carboxylic acids is 1. The summed E-state index contributed by atoms with van der Waals surface area (Å²) in [7, 11) is 1.33. The van der Waals surface area contributed by atoms with E-state index >= 15 is 0 Å². The van der Waals surface area contributed by atoms with Gasteiger partial charge in [-0.05, 0) is 12.0 Å². The molecule has 3 heteroatoms. The van der Waals surface area contributed by atoms with Gasteiger partial charge in [0, 0.05) is 0 Å². The van der Waals surface area contributed by atoms with Gasteiger partial charge in [-0.2, -0.15) is 0 Å². The second kappa shape index (κ2) is 6.86. The Morgan fingerprint density at radius 2 is 2.06 bits per heavy atom.